The van der Waals surface area contributed by atoms with Gasteiger partial charge in [-0.05, 0) is 61.9 Å². The predicted octanol–water partition coefficient (Wildman–Crippen LogP) is 3.91. The highest BCUT2D eigenvalue weighted by Gasteiger charge is 2.30. The highest BCUT2D eigenvalue weighted by atomic mass is 32.1. The van der Waals surface area contributed by atoms with Gasteiger partial charge in [-0.25, -0.2) is 9.18 Å². The Morgan fingerprint density at radius 2 is 1.94 bits per heavy atom. The van der Waals surface area contributed by atoms with Gasteiger partial charge in [-0.2, -0.15) is 0 Å². The Balaban J connectivity index is 1.26. The van der Waals surface area contributed by atoms with Crippen molar-refractivity contribution >= 4 is 39.9 Å². The number of amides is 4. The molecule has 1 unspecified atom stereocenters. The number of urea groups is 1. The third kappa shape index (κ3) is 5.81. The Labute approximate surface area is 184 Å². The molecule has 0 bridgehead atoms. The highest BCUT2D eigenvalue weighted by Crippen LogP contribution is 2.32. The lowest BCUT2D eigenvalue weighted by molar-refractivity contribution is -0.117. The first-order valence-corrected chi connectivity index (χ1v) is 11.3. The molecule has 0 spiro atoms. The fourth-order valence-electron chi connectivity index (χ4n) is 3.64. The Hall–Kier alpha value is -2.94. The van der Waals surface area contributed by atoms with E-state index in [0.717, 1.165) is 25.7 Å². The first-order valence-electron chi connectivity index (χ1n) is 10.5. The molecule has 2 aromatic rings. The molecule has 1 saturated carbocycles. The number of hydrogen-bond acceptors (Lipinski definition) is 4. The summed E-state index contributed by atoms with van der Waals surface area (Å²) in [7, 11) is 0. The van der Waals surface area contributed by atoms with E-state index in [0.29, 0.717) is 35.2 Å². The van der Waals surface area contributed by atoms with Gasteiger partial charge in [0.15, 0.2) is 0 Å². The summed E-state index contributed by atoms with van der Waals surface area (Å²) in [4.78, 5) is 39.3. The molecule has 4 rings (SSSR count). The largest absolute Gasteiger partial charge is 0.338 e. The molecular formula is C22H25FN4O3S. The summed E-state index contributed by atoms with van der Waals surface area (Å²) in [6.45, 7) is 1.66. The summed E-state index contributed by atoms with van der Waals surface area (Å²) in [5, 5.41) is 8.99. The van der Waals surface area contributed by atoms with Crippen molar-refractivity contribution in [2.24, 2.45) is 11.8 Å². The normalized spacial score (nSPS) is 18.4. The van der Waals surface area contributed by atoms with Crippen LogP contribution >= 0.6 is 11.3 Å². The number of anilines is 2. The average molecular weight is 445 g/mol. The highest BCUT2D eigenvalue weighted by molar-refractivity contribution is 7.18. The van der Waals surface area contributed by atoms with Crippen molar-refractivity contribution in [3.05, 3.63) is 47.1 Å². The Kier molecular flexibility index (Phi) is 6.50. The second-order valence-corrected chi connectivity index (χ2v) is 9.12. The molecule has 2 fully saturated rings. The molecule has 164 valence electrons. The summed E-state index contributed by atoms with van der Waals surface area (Å²) < 4.78 is 13.2. The van der Waals surface area contributed by atoms with E-state index in [9.17, 15) is 18.8 Å². The molecule has 0 radical (unpaired) electrons. The van der Waals surface area contributed by atoms with E-state index in [1.807, 2.05) is 0 Å². The van der Waals surface area contributed by atoms with Crippen molar-refractivity contribution in [1.82, 2.24) is 10.2 Å². The van der Waals surface area contributed by atoms with Gasteiger partial charge in [-0.3, -0.25) is 9.59 Å². The molecule has 1 aromatic carbocycles. The van der Waals surface area contributed by atoms with Gasteiger partial charge in [0.1, 0.15) is 5.82 Å². The molecule has 7 nitrogen and oxygen atoms in total. The van der Waals surface area contributed by atoms with Crippen LogP contribution in [0, 0.1) is 17.7 Å². The smallest absolute Gasteiger partial charge is 0.319 e. The van der Waals surface area contributed by atoms with Crippen LogP contribution in [0.5, 0.6) is 0 Å². The minimum Gasteiger partial charge on any atom is -0.338 e. The number of rotatable bonds is 6. The first-order chi connectivity index (χ1) is 15.0. The Morgan fingerprint density at radius 3 is 2.71 bits per heavy atom. The molecule has 3 N–H and O–H groups in total. The van der Waals surface area contributed by atoms with Crippen LogP contribution in [0.15, 0.2) is 36.4 Å². The second-order valence-electron chi connectivity index (χ2n) is 8.03. The maximum Gasteiger partial charge on any atom is 0.319 e. The number of thiophene rings is 1. The van der Waals surface area contributed by atoms with Gasteiger partial charge < -0.3 is 20.9 Å². The number of benzene rings is 1. The molecule has 9 heteroatoms. The van der Waals surface area contributed by atoms with Gasteiger partial charge in [-0.1, -0.05) is 6.07 Å². The van der Waals surface area contributed by atoms with Crippen LogP contribution in [0.3, 0.4) is 0 Å². The molecule has 1 saturated heterocycles. The number of carbonyl (C=O) groups excluding carboxylic acids is 3. The Bertz CT molecular complexity index is 975. The van der Waals surface area contributed by atoms with E-state index in [2.05, 4.69) is 16.0 Å². The first kappa shape index (κ1) is 21.3. The van der Waals surface area contributed by atoms with Crippen LogP contribution < -0.4 is 16.0 Å². The molecule has 31 heavy (non-hydrogen) atoms. The molecule has 1 aliphatic heterocycles. The monoisotopic (exact) mass is 444 g/mol. The van der Waals surface area contributed by atoms with Crippen LogP contribution in [-0.2, 0) is 4.79 Å². The van der Waals surface area contributed by atoms with Crippen LogP contribution in [0.2, 0.25) is 0 Å². The lowest BCUT2D eigenvalue weighted by atomic mass is 9.98. The SMILES string of the molecule is O=C(NCC1CCCN(C(=O)c2ccc(NC(=O)C3CC3)s2)C1)Nc1cccc(F)c1. The number of nitrogens with one attached hydrogen (secondary N) is 3. The van der Waals surface area contributed by atoms with Crippen LogP contribution in [0.25, 0.3) is 0 Å². The van der Waals surface area contributed by atoms with Crippen LogP contribution in [0.4, 0.5) is 19.9 Å². The van der Waals surface area contributed by atoms with Gasteiger partial charge in [0.05, 0.1) is 9.88 Å². The standard InChI is InChI=1S/C22H25FN4O3S/c23-16-4-1-5-17(11-16)25-22(30)24-12-14-3-2-10-27(13-14)21(29)18-8-9-19(31-18)26-20(28)15-6-7-15/h1,4-5,8-9,11,14-15H,2-3,6-7,10,12-13H2,(H,26,28)(H2,24,25,30). The number of nitrogens with zero attached hydrogens (tertiary/aromatic N) is 1. The van der Waals surface area contributed by atoms with Gasteiger partial charge in [-0.15, -0.1) is 11.3 Å². The average Bonchev–Trinajstić information content (AvgIpc) is 3.51. The van der Waals surface area contributed by atoms with Crippen molar-refractivity contribution < 1.29 is 18.8 Å². The molecule has 4 amide bonds. The topological polar surface area (TPSA) is 90.5 Å². The molecule has 1 aromatic heterocycles. The Morgan fingerprint density at radius 1 is 1.10 bits per heavy atom. The zero-order valence-corrected chi connectivity index (χ0v) is 17.8. The molecule has 1 atom stereocenters. The van der Waals surface area contributed by atoms with Gasteiger partial charge in [0, 0.05) is 31.2 Å². The minimum atomic E-state index is -0.414. The van der Waals surface area contributed by atoms with Crippen molar-refractivity contribution in [2.75, 3.05) is 30.3 Å². The predicted molar refractivity (Wildman–Crippen MR) is 118 cm³/mol. The summed E-state index contributed by atoms with van der Waals surface area (Å²) in [5.74, 6) is -0.171. The number of piperidine rings is 1. The molecule has 2 heterocycles. The summed E-state index contributed by atoms with van der Waals surface area (Å²) >= 11 is 1.30. The van der Waals surface area contributed by atoms with Crippen molar-refractivity contribution in [3.8, 4) is 0 Å². The molecule has 2 aliphatic rings. The van der Waals surface area contributed by atoms with E-state index in [4.69, 9.17) is 0 Å². The van der Waals surface area contributed by atoms with E-state index < -0.39 is 11.8 Å². The number of hydrogen-bond donors (Lipinski definition) is 3. The summed E-state index contributed by atoms with van der Waals surface area (Å²) in [5.41, 5.74) is 0.389. The number of halogens is 1. The van der Waals surface area contributed by atoms with Crippen LogP contribution in [-0.4, -0.2) is 42.4 Å². The van der Waals surface area contributed by atoms with Crippen molar-refractivity contribution in [3.63, 3.8) is 0 Å². The second kappa shape index (κ2) is 9.47. The molecular weight excluding hydrogens is 419 g/mol. The van der Waals surface area contributed by atoms with E-state index in [1.165, 1.54) is 29.5 Å². The third-order valence-electron chi connectivity index (χ3n) is 5.45. The van der Waals surface area contributed by atoms with Crippen molar-refractivity contribution in [1.29, 1.82) is 0 Å². The van der Waals surface area contributed by atoms with E-state index in [-0.39, 0.29) is 23.7 Å². The third-order valence-corrected chi connectivity index (χ3v) is 6.44. The maximum absolute atomic E-state index is 13.2. The van der Waals surface area contributed by atoms with E-state index >= 15 is 0 Å². The van der Waals surface area contributed by atoms with Crippen molar-refractivity contribution in [2.45, 2.75) is 25.7 Å². The zero-order valence-electron chi connectivity index (χ0n) is 17.0. The summed E-state index contributed by atoms with van der Waals surface area (Å²) in [6, 6.07) is 8.84. The zero-order chi connectivity index (χ0) is 21.8. The molecule has 1 aliphatic carbocycles. The van der Waals surface area contributed by atoms with Crippen LogP contribution in [0.1, 0.15) is 35.4 Å². The summed E-state index contributed by atoms with van der Waals surface area (Å²) in [6.07, 6.45) is 3.65. The number of carbonyl (C=O) groups is 3. The van der Waals surface area contributed by atoms with E-state index in [1.54, 1.807) is 23.1 Å². The minimum absolute atomic E-state index is 0.0291. The fraction of sp³-hybridized carbons (Fsp3) is 0.409. The van der Waals surface area contributed by atoms with Gasteiger partial charge >= 0.3 is 6.03 Å². The van der Waals surface area contributed by atoms with Gasteiger partial charge in [0.25, 0.3) is 5.91 Å². The number of likely N-dealkylation sites (tertiary alicyclic amines) is 1. The van der Waals surface area contributed by atoms with Gasteiger partial charge in [0.2, 0.25) is 5.91 Å². The maximum atomic E-state index is 13.2. The lowest BCUT2D eigenvalue weighted by Gasteiger charge is -2.32. The fourth-order valence-corrected chi connectivity index (χ4v) is 4.52. The lowest BCUT2D eigenvalue weighted by Crippen LogP contribution is -2.44. The quantitative estimate of drug-likeness (QED) is 0.631.